The first-order valence-corrected chi connectivity index (χ1v) is 6.73. The van der Waals surface area contributed by atoms with Crippen molar-refractivity contribution < 1.29 is 4.74 Å². The van der Waals surface area contributed by atoms with E-state index in [4.69, 9.17) is 4.74 Å². The molecule has 2 heterocycles. The standard InChI is InChI=1S/C17H16N2O/c1-2-3-4-7-10-20-17-11-14-13-8-5-6-9-15(13)19-16(14)12-18-17/h3-12,19H,2H2,1H3/b4-3+,10-7+. The molecule has 0 amide bonds. The van der Waals surface area contributed by atoms with E-state index in [1.54, 1.807) is 12.5 Å². The van der Waals surface area contributed by atoms with Crippen molar-refractivity contribution in [2.45, 2.75) is 13.3 Å². The van der Waals surface area contributed by atoms with Gasteiger partial charge in [-0.25, -0.2) is 4.98 Å². The predicted octanol–water partition coefficient (Wildman–Crippen LogP) is 4.57. The zero-order chi connectivity index (χ0) is 13.8. The van der Waals surface area contributed by atoms with Crippen LogP contribution in [0.2, 0.25) is 0 Å². The third-order valence-corrected chi connectivity index (χ3v) is 3.12. The molecule has 0 bridgehead atoms. The number of nitrogens with zero attached hydrogens (tertiary/aromatic N) is 1. The zero-order valence-corrected chi connectivity index (χ0v) is 11.3. The molecular formula is C17H16N2O. The Morgan fingerprint density at radius 2 is 2.05 bits per heavy atom. The number of pyridine rings is 1. The molecule has 3 aromatic rings. The second-order valence-corrected chi connectivity index (χ2v) is 4.52. The van der Waals surface area contributed by atoms with Gasteiger partial charge in [0, 0.05) is 22.4 Å². The van der Waals surface area contributed by atoms with Gasteiger partial charge in [0.1, 0.15) is 0 Å². The van der Waals surface area contributed by atoms with Crippen molar-refractivity contribution in [1.82, 2.24) is 9.97 Å². The number of aromatic nitrogens is 2. The molecule has 20 heavy (non-hydrogen) atoms. The molecule has 1 N–H and O–H groups in total. The van der Waals surface area contributed by atoms with E-state index in [0.717, 1.165) is 22.8 Å². The predicted molar refractivity (Wildman–Crippen MR) is 82.8 cm³/mol. The monoisotopic (exact) mass is 264 g/mol. The molecule has 3 nitrogen and oxygen atoms in total. The highest BCUT2D eigenvalue weighted by atomic mass is 16.5. The lowest BCUT2D eigenvalue weighted by molar-refractivity contribution is 0.462. The van der Waals surface area contributed by atoms with Crippen LogP contribution in [-0.2, 0) is 0 Å². The first-order chi connectivity index (χ1) is 9.88. The van der Waals surface area contributed by atoms with Crippen molar-refractivity contribution in [3.8, 4) is 5.88 Å². The molecule has 0 fully saturated rings. The summed E-state index contributed by atoms with van der Waals surface area (Å²) in [6.45, 7) is 2.09. The molecule has 0 radical (unpaired) electrons. The summed E-state index contributed by atoms with van der Waals surface area (Å²) in [5.41, 5.74) is 2.14. The topological polar surface area (TPSA) is 37.9 Å². The van der Waals surface area contributed by atoms with Crippen LogP contribution >= 0.6 is 0 Å². The summed E-state index contributed by atoms with van der Waals surface area (Å²) >= 11 is 0. The third-order valence-electron chi connectivity index (χ3n) is 3.12. The van der Waals surface area contributed by atoms with E-state index in [9.17, 15) is 0 Å². The van der Waals surface area contributed by atoms with Crippen molar-refractivity contribution in [3.63, 3.8) is 0 Å². The number of rotatable bonds is 4. The SMILES string of the molecule is CC/C=C/C=C/Oc1cc2c(cn1)[nH]c1ccccc12. The van der Waals surface area contributed by atoms with Crippen LogP contribution in [0.25, 0.3) is 21.8 Å². The highest BCUT2D eigenvalue weighted by Gasteiger charge is 2.05. The number of fused-ring (bicyclic) bond motifs is 3. The molecule has 100 valence electrons. The summed E-state index contributed by atoms with van der Waals surface area (Å²) in [7, 11) is 0. The van der Waals surface area contributed by atoms with Crippen molar-refractivity contribution in [2.24, 2.45) is 0 Å². The van der Waals surface area contributed by atoms with Gasteiger partial charge < -0.3 is 9.72 Å². The Bertz CT molecular complexity index is 784. The van der Waals surface area contributed by atoms with Crippen molar-refractivity contribution in [3.05, 3.63) is 61.0 Å². The molecule has 2 aromatic heterocycles. The lowest BCUT2D eigenvalue weighted by Crippen LogP contribution is -1.85. The average Bonchev–Trinajstić information content (AvgIpc) is 2.85. The molecule has 0 saturated heterocycles. The van der Waals surface area contributed by atoms with E-state index in [1.165, 1.54) is 5.39 Å². The molecule has 0 unspecified atom stereocenters. The van der Waals surface area contributed by atoms with Gasteiger partial charge >= 0.3 is 0 Å². The molecule has 0 aliphatic carbocycles. The average molecular weight is 264 g/mol. The zero-order valence-electron chi connectivity index (χ0n) is 11.3. The van der Waals surface area contributed by atoms with Crippen molar-refractivity contribution in [2.75, 3.05) is 0 Å². The van der Waals surface area contributed by atoms with Crippen LogP contribution in [0.15, 0.2) is 61.0 Å². The van der Waals surface area contributed by atoms with Gasteiger partial charge in [0.05, 0.1) is 18.0 Å². The van der Waals surface area contributed by atoms with Crippen LogP contribution in [0, 0.1) is 0 Å². The molecule has 0 aliphatic rings. The van der Waals surface area contributed by atoms with Crippen LogP contribution in [0.3, 0.4) is 0 Å². The number of allylic oxidation sites excluding steroid dienone is 3. The number of H-pyrrole nitrogens is 1. The number of ether oxygens (including phenoxy) is 1. The highest BCUT2D eigenvalue weighted by Crippen LogP contribution is 2.26. The highest BCUT2D eigenvalue weighted by molar-refractivity contribution is 6.07. The van der Waals surface area contributed by atoms with Gasteiger partial charge in [-0.05, 0) is 18.6 Å². The fraction of sp³-hybridized carbons (Fsp3) is 0.118. The first kappa shape index (κ1) is 12.5. The Balaban J connectivity index is 1.91. The lowest BCUT2D eigenvalue weighted by Gasteiger charge is -1.98. The molecule has 3 rings (SSSR count). The van der Waals surface area contributed by atoms with Gasteiger partial charge in [-0.3, -0.25) is 0 Å². The maximum atomic E-state index is 5.52. The van der Waals surface area contributed by atoms with Gasteiger partial charge in [-0.15, -0.1) is 0 Å². The van der Waals surface area contributed by atoms with Crippen LogP contribution in [-0.4, -0.2) is 9.97 Å². The molecule has 0 aliphatic heterocycles. The van der Waals surface area contributed by atoms with E-state index in [1.807, 2.05) is 30.4 Å². The first-order valence-electron chi connectivity index (χ1n) is 6.73. The normalized spacial score (nSPS) is 12.1. The van der Waals surface area contributed by atoms with Gasteiger partial charge in [0.25, 0.3) is 0 Å². The molecule has 0 spiro atoms. The van der Waals surface area contributed by atoms with E-state index in [0.29, 0.717) is 5.88 Å². The second kappa shape index (κ2) is 5.61. The van der Waals surface area contributed by atoms with Crippen LogP contribution < -0.4 is 4.74 Å². The summed E-state index contributed by atoms with van der Waals surface area (Å²) < 4.78 is 5.52. The van der Waals surface area contributed by atoms with Gasteiger partial charge in [-0.2, -0.15) is 0 Å². The van der Waals surface area contributed by atoms with Crippen LogP contribution in [0.1, 0.15) is 13.3 Å². The molecule has 0 atom stereocenters. The summed E-state index contributed by atoms with van der Waals surface area (Å²) in [5, 5.41) is 2.31. The van der Waals surface area contributed by atoms with Gasteiger partial charge in [0.15, 0.2) is 0 Å². The second-order valence-electron chi connectivity index (χ2n) is 4.52. The van der Waals surface area contributed by atoms with E-state index >= 15 is 0 Å². The minimum atomic E-state index is 0.600. The molecule has 1 aromatic carbocycles. The molecular weight excluding hydrogens is 248 g/mol. The number of aromatic amines is 1. The number of benzene rings is 1. The summed E-state index contributed by atoms with van der Waals surface area (Å²) in [5.74, 6) is 0.600. The van der Waals surface area contributed by atoms with Gasteiger partial charge in [-0.1, -0.05) is 37.3 Å². The van der Waals surface area contributed by atoms with Crippen molar-refractivity contribution >= 4 is 21.8 Å². The fourth-order valence-electron chi connectivity index (χ4n) is 2.16. The Labute approximate surface area is 117 Å². The Morgan fingerprint density at radius 3 is 2.95 bits per heavy atom. The smallest absolute Gasteiger partial charge is 0.219 e. The largest absolute Gasteiger partial charge is 0.447 e. The van der Waals surface area contributed by atoms with Crippen LogP contribution in [0.5, 0.6) is 5.88 Å². The number of hydrogen-bond acceptors (Lipinski definition) is 2. The Kier molecular flexibility index (Phi) is 3.50. The molecule has 3 heteroatoms. The Morgan fingerprint density at radius 1 is 1.15 bits per heavy atom. The van der Waals surface area contributed by atoms with Crippen LogP contribution in [0.4, 0.5) is 0 Å². The summed E-state index contributed by atoms with van der Waals surface area (Å²) in [6, 6.07) is 10.2. The Hall–Kier alpha value is -2.55. The minimum Gasteiger partial charge on any atom is -0.447 e. The number of para-hydroxylation sites is 1. The number of hydrogen-bond donors (Lipinski definition) is 1. The maximum absolute atomic E-state index is 5.52. The summed E-state index contributed by atoms with van der Waals surface area (Å²) in [6.07, 6.45) is 10.4. The van der Waals surface area contributed by atoms with Crippen molar-refractivity contribution in [1.29, 1.82) is 0 Å². The minimum absolute atomic E-state index is 0.600. The molecule has 0 saturated carbocycles. The van der Waals surface area contributed by atoms with Gasteiger partial charge in [0.2, 0.25) is 5.88 Å². The van der Waals surface area contributed by atoms with E-state index < -0.39 is 0 Å². The van der Waals surface area contributed by atoms with E-state index in [-0.39, 0.29) is 0 Å². The van der Waals surface area contributed by atoms with E-state index in [2.05, 4.69) is 35.1 Å². The quantitative estimate of drug-likeness (QED) is 0.553. The number of nitrogens with one attached hydrogen (secondary N) is 1. The summed E-state index contributed by atoms with van der Waals surface area (Å²) in [4.78, 5) is 7.63. The lowest BCUT2D eigenvalue weighted by atomic mass is 10.2. The fourth-order valence-corrected chi connectivity index (χ4v) is 2.16. The maximum Gasteiger partial charge on any atom is 0.219 e. The third kappa shape index (κ3) is 2.43.